The summed E-state index contributed by atoms with van der Waals surface area (Å²) in [5.41, 5.74) is -1.88. The van der Waals surface area contributed by atoms with Gasteiger partial charge in [-0.15, -0.1) is 0 Å². The molecule has 0 aromatic heterocycles. The third-order valence-electron chi connectivity index (χ3n) is 4.44. The van der Waals surface area contributed by atoms with E-state index in [1.54, 1.807) is 0 Å². The highest BCUT2D eigenvalue weighted by Gasteiger charge is 2.66. The highest BCUT2D eigenvalue weighted by Crippen LogP contribution is 2.59. The zero-order chi connectivity index (χ0) is 12.8. The lowest BCUT2D eigenvalue weighted by atomic mass is 10.1. The van der Waals surface area contributed by atoms with Gasteiger partial charge in [-0.25, -0.2) is 4.39 Å². The number of alkyl halides is 1. The van der Waals surface area contributed by atoms with E-state index in [9.17, 15) is 4.39 Å². The first-order chi connectivity index (χ1) is 6.97. The van der Waals surface area contributed by atoms with Gasteiger partial charge in [-0.1, -0.05) is 27.7 Å². The molecule has 2 nitrogen and oxygen atoms in total. The van der Waals surface area contributed by atoms with Gasteiger partial charge in [0.15, 0.2) is 8.32 Å². The highest BCUT2D eigenvalue weighted by molar-refractivity contribution is 6.74. The van der Waals surface area contributed by atoms with Crippen LogP contribution >= 0.6 is 0 Å². The molecule has 2 atom stereocenters. The van der Waals surface area contributed by atoms with E-state index >= 15 is 0 Å². The second kappa shape index (κ2) is 3.78. The molecule has 96 valence electrons. The van der Waals surface area contributed by atoms with Gasteiger partial charge in [-0.05, 0) is 24.6 Å². The number of hydrogen-bond donors (Lipinski definition) is 1. The Bertz CT molecular complexity index is 275. The summed E-state index contributed by atoms with van der Waals surface area (Å²) in [5, 5.41) is 9.12. The average Bonchev–Trinajstić information content (AvgIpc) is 2.66. The molecule has 0 bridgehead atoms. The summed E-state index contributed by atoms with van der Waals surface area (Å²) in [5.74, 6) is 0. The minimum absolute atomic E-state index is 0.149. The van der Waals surface area contributed by atoms with Crippen LogP contribution in [0.15, 0.2) is 0 Å². The molecule has 1 N–H and O–H groups in total. The smallest absolute Gasteiger partial charge is 0.192 e. The third-order valence-corrected chi connectivity index (χ3v) is 8.91. The fourth-order valence-electron chi connectivity index (χ4n) is 1.56. The van der Waals surface area contributed by atoms with E-state index in [0.717, 1.165) is 0 Å². The second-order valence-corrected chi connectivity index (χ2v) is 11.7. The lowest BCUT2D eigenvalue weighted by Crippen LogP contribution is -2.42. The van der Waals surface area contributed by atoms with Crippen molar-refractivity contribution in [2.45, 2.75) is 57.9 Å². The normalized spacial score (nSPS) is 35.2. The highest BCUT2D eigenvalue weighted by atomic mass is 28.4. The molecule has 1 fully saturated rings. The van der Waals surface area contributed by atoms with Crippen molar-refractivity contribution >= 4 is 8.32 Å². The van der Waals surface area contributed by atoms with Crippen molar-refractivity contribution in [3.8, 4) is 0 Å². The van der Waals surface area contributed by atoms with Gasteiger partial charge in [0.25, 0.3) is 0 Å². The van der Waals surface area contributed by atoms with Gasteiger partial charge in [0.1, 0.15) is 5.67 Å². The molecule has 0 aromatic rings. The first-order valence-corrected chi connectivity index (χ1v) is 8.82. The van der Waals surface area contributed by atoms with Crippen LogP contribution in [0.4, 0.5) is 4.39 Å². The van der Waals surface area contributed by atoms with Gasteiger partial charge >= 0.3 is 0 Å². The van der Waals surface area contributed by atoms with Crippen LogP contribution in [0.1, 0.15) is 34.1 Å². The largest absolute Gasteiger partial charge is 0.416 e. The second-order valence-electron chi connectivity index (χ2n) is 6.91. The summed E-state index contributed by atoms with van der Waals surface area (Å²) in [4.78, 5) is 0. The number of rotatable bonds is 4. The van der Waals surface area contributed by atoms with Gasteiger partial charge in [0.2, 0.25) is 0 Å². The van der Waals surface area contributed by atoms with E-state index in [4.69, 9.17) is 9.53 Å². The van der Waals surface area contributed by atoms with Gasteiger partial charge in [0, 0.05) is 12.0 Å². The van der Waals surface area contributed by atoms with Crippen LogP contribution in [0.5, 0.6) is 0 Å². The molecule has 0 aliphatic heterocycles. The topological polar surface area (TPSA) is 29.5 Å². The van der Waals surface area contributed by atoms with E-state index < -0.39 is 19.4 Å². The number of halogens is 1. The predicted octanol–water partition coefficient (Wildman–Crippen LogP) is 3.12. The third kappa shape index (κ3) is 2.34. The molecule has 0 unspecified atom stereocenters. The van der Waals surface area contributed by atoms with Crippen LogP contribution in [0.3, 0.4) is 0 Å². The molecule has 0 saturated heterocycles. The Morgan fingerprint density at radius 1 is 1.38 bits per heavy atom. The van der Waals surface area contributed by atoms with E-state index in [0.29, 0.717) is 13.0 Å². The van der Waals surface area contributed by atoms with Gasteiger partial charge < -0.3 is 9.53 Å². The molecule has 0 heterocycles. The van der Waals surface area contributed by atoms with Gasteiger partial charge in [0.05, 0.1) is 6.61 Å². The molecule has 1 aliphatic rings. The van der Waals surface area contributed by atoms with Crippen molar-refractivity contribution < 1.29 is 13.9 Å². The van der Waals surface area contributed by atoms with Crippen LogP contribution in [0.25, 0.3) is 0 Å². The summed E-state index contributed by atoms with van der Waals surface area (Å²) in [7, 11) is -1.80. The molecular weight excluding hydrogens is 223 g/mol. The van der Waals surface area contributed by atoms with Crippen LogP contribution in [0, 0.1) is 5.41 Å². The molecule has 1 aliphatic carbocycles. The predicted molar refractivity (Wildman–Crippen MR) is 66.8 cm³/mol. The lowest BCUT2D eigenvalue weighted by Gasteiger charge is -2.37. The number of aliphatic hydroxyl groups is 1. The average molecular weight is 248 g/mol. The molecule has 0 spiro atoms. The van der Waals surface area contributed by atoms with Crippen molar-refractivity contribution in [2.24, 2.45) is 5.41 Å². The van der Waals surface area contributed by atoms with Crippen molar-refractivity contribution in [1.29, 1.82) is 0 Å². The summed E-state index contributed by atoms with van der Waals surface area (Å²) in [6, 6.07) is 0. The fourth-order valence-corrected chi connectivity index (χ4v) is 2.67. The van der Waals surface area contributed by atoms with Crippen LogP contribution in [-0.4, -0.2) is 32.3 Å². The zero-order valence-electron chi connectivity index (χ0n) is 11.4. The van der Waals surface area contributed by atoms with Gasteiger partial charge in [-0.3, -0.25) is 0 Å². The molecular formula is C12H25FO2Si. The Hall–Kier alpha value is 0.0669. The summed E-state index contributed by atoms with van der Waals surface area (Å²) in [6.45, 7) is 12.7. The zero-order valence-corrected chi connectivity index (χ0v) is 12.4. The SMILES string of the molecule is CC(C)(C)[Si](C)(C)OC[C@]1(C)C[C@]1(F)CO. The van der Waals surface area contributed by atoms with Crippen molar-refractivity contribution in [3.05, 3.63) is 0 Å². The van der Waals surface area contributed by atoms with Crippen LogP contribution in [0.2, 0.25) is 18.1 Å². The van der Waals surface area contributed by atoms with E-state index in [2.05, 4.69) is 33.9 Å². The standard InChI is InChI=1S/C12H25FO2Si/c1-10(2,3)16(5,6)15-9-11(4)7-12(11,13)8-14/h14H,7-9H2,1-6H3/t11-,12-/m0/s1. The summed E-state index contributed by atoms with van der Waals surface area (Å²) in [6.07, 6.45) is 0.422. The Kier molecular flexibility index (Phi) is 3.34. The molecule has 4 heteroatoms. The molecule has 0 radical (unpaired) electrons. The fraction of sp³-hybridized carbons (Fsp3) is 1.00. The minimum Gasteiger partial charge on any atom is -0.416 e. The monoisotopic (exact) mass is 248 g/mol. The molecule has 16 heavy (non-hydrogen) atoms. The van der Waals surface area contributed by atoms with Crippen molar-refractivity contribution in [1.82, 2.24) is 0 Å². The maximum atomic E-state index is 13.8. The Balaban J connectivity index is 2.55. The van der Waals surface area contributed by atoms with Crippen molar-refractivity contribution in [2.75, 3.05) is 13.2 Å². The quantitative estimate of drug-likeness (QED) is 0.775. The molecule has 1 saturated carbocycles. The van der Waals surface area contributed by atoms with Crippen LogP contribution < -0.4 is 0 Å². The van der Waals surface area contributed by atoms with E-state index in [-0.39, 0.29) is 11.6 Å². The van der Waals surface area contributed by atoms with Crippen LogP contribution in [-0.2, 0) is 4.43 Å². The number of aliphatic hydroxyl groups excluding tert-OH is 1. The number of hydrogen-bond acceptors (Lipinski definition) is 2. The molecule has 0 amide bonds. The van der Waals surface area contributed by atoms with Crippen molar-refractivity contribution in [3.63, 3.8) is 0 Å². The lowest BCUT2D eigenvalue weighted by molar-refractivity contribution is 0.0959. The van der Waals surface area contributed by atoms with E-state index in [1.807, 2.05) is 6.92 Å². The summed E-state index contributed by atoms with van der Waals surface area (Å²) >= 11 is 0. The molecule has 1 rings (SSSR count). The Morgan fingerprint density at radius 3 is 2.19 bits per heavy atom. The van der Waals surface area contributed by atoms with E-state index in [1.165, 1.54) is 0 Å². The minimum atomic E-state index is -1.80. The first-order valence-electron chi connectivity index (χ1n) is 5.91. The molecule has 0 aromatic carbocycles. The Morgan fingerprint density at radius 2 is 1.88 bits per heavy atom. The maximum Gasteiger partial charge on any atom is 0.192 e. The first kappa shape index (κ1) is 14.1. The van der Waals surface area contributed by atoms with Gasteiger partial charge in [-0.2, -0.15) is 0 Å². The summed E-state index contributed by atoms with van der Waals surface area (Å²) < 4.78 is 19.8. The Labute approximate surface area is 99.3 Å². The maximum absolute atomic E-state index is 13.8.